The first-order chi connectivity index (χ1) is 17.4. The van der Waals surface area contributed by atoms with E-state index < -0.39 is 0 Å². The second kappa shape index (κ2) is 13.5. The highest BCUT2D eigenvalue weighted by molar-refractivity contribution is 9.10. The van der Waals surface area contributed by atoms with Crippen LogP contribution >= 0.6 is 15.9 Å². The Kier molecular flexibility index (Phi) is 10.1. The first-order valence-corrected chi connectivity index (χ1v) is 12.6. The maximum Gasteiger partial charge on any atom is 0.255 e. The number of amides is 1. The van der Waals surface area contributed by atoms with E-state index in [1.165, 1.54) is 0 Å². The number of halogens is 1. The molecule has 0 aliphatic heterocycles. The van der Waals surface area contributed by atoms with Gasteiger partial charge in [0.2, 0.25) is 5.95 Å². The van der Waals surface area contributed by atoms with Gasteiger partial charge in [0, 0.05) is 45.6 Å². The molecule has 0 radical (unpaired) electrons. The Labute approximate surface area is 221 Å². The monoisotopic (exact) mass is 546 g/mol. The number of carbonyl (C=O) groups excluding carboxylic acids is 1. The molecule has 0 aliphatic carbocycles. The van der Waals surface area contributed by atoms with Crippen LogP contribution in [0.25, 0.3) is 11.3 Å². The minimum atomic E-state index is -0.176. The zero-order valence-corrected chi connectivity index (χ0v) is 22.6. The summed E-state index contributed by atoms with van der Waals surface area (Å²) in [7, 11) is 0. The normalized spacial score (nSPS) is 10.2. The van der Waals surface area contributed by atoms with Crippen molar-refractivity contribution in [3.05, 3.63) is 94.4 Å². The van der Waals surface area contributed by atoms with E-state index in [0.29, 0.717) is 17.2 Å². The minimum absolute atomic E-state index is 0.176. The van der Waals surface area contributed by atoms with Gasteiger partial charge in [-0.2, -0.15) is 0 Å². The Balaban J connectivity index is 0.000000658. The summed E-state index contributed by atoms with van der Waals surface area (Å²) in [4.78, 5) is 25.7. The summed E-state index contributed by atoms with van der Waals surface area (Å²) < 4.78 is 0.900. The Morgan fingerprint density at radius 2 is 1.72 bits per heavy atom. The van der Waals surface area contributed by atoms with E-state index in [-0.39, 0.29) is 5.91 Å². The number of carbonyl (C=O) groups is 1. The number of nitrogens with one attached hydrogen (secondary N) is 3. The standard InChI is InChI=1S/C24H20BrN5O.C4H11N/c1-15-5-7-17(12-20(15)25)23(31)28-19-8-6-16(2)22(13-19)30-24-27-11-9-21(29-24)18-4-3-10-26-14-18;1-3-5-4-2/h3-14H,1-2H3,(H,28,31)(H,27,29,30);5H,3-4H2,1-2H3. The number of aryl methyl sites for hydroxylation is 2. The minimum Gasteiger partial charge on any atom is -0.324 e. The summed E-state index contributed by atoms with van der Waals surface area (Å²) in [6.07, 6.45) is 5.19. The number of pyridine rings is 1. The van der Waals surface area contributed by atoms with E-state index in [0.717, 1.165) is 45.6 Å². The summed E-state index contributed by atoms with van der Waals surface area (Å²) >= 11 is 3.47. The average Bonchev–Trinajstić information content (AvgIpc) is 2.89. The average molecular weight is 548 g/mol. The zero-order valence-electron chi connectivity index (χ0n) is 21.0. The van der Waals surface area contributed by atoms with Crippen LogP contribution in [0, 0.1) is 13.8 Å². The number of anilines is 3. The molecule has 3 N–H and O–H groups in total. The lowest BCUT2D eigenvalue weighted by Crippen LogP contribution is -2.12. The summed E-state index contributed by atoms with van der Waals surface area (Å²) in [5, 5.41) is 9.31. The summed E-state index contributed by atoms with van der Waals surface area (Å²) in [5.41, 5.74) is 5.84. The molecule has 4 aromatic rings. The lowest BCUT2D eigenvalue weighted by atomic mass is 10.1. The third-order valence-corrected chi connectivity index (χ3v) is 6.14. The van der Waals surface area contributed by atoms with Gasteiger partial charge in [-0.3, -0.25) is 9.78 Å². The van der Waals surface area contributed by atoms with Crippen LogP contribution in [-0.4, -0.2) is 33.9 Å². The topological polar surface area (TPSA) is 91.8 Å². The molecular weight excluding hydrogens is 516 g/mol. The van der Waals surface area contributed by atoms with E-state index in [1.807, 2.05) is 62.4 Å². The third-order valence-electron chi connectivity index (χ3n) is 5.29. The van der Waals surface area contributed by atoms with E-state index in [9.17, 15) is 4.79 Å². The number of hydrogen-bond acceptors (Lipinski definition) is 6. The van der Waals surface area contributed by atoms with Crippen molar-refractivity contribution in [2.75, 3.05) is 23.7 Å². The Bertz CT molecular complexity index is 1290. The molecule has 36 heavy (non-hydrogen) atoms. The molecule has 2 aromatic heterocycles. The molecule has 0 bridgehead atoms. The van der Waals surface area contributed by atoms with Crippen molar-refractivity contribution in [2.45, 2.75) is 27.7 Å². The lowest BCUT2D eigenvalue weighted by molar-refractivity contribution is 0.102. The smallest absolute Gasteiger partial charge is 0.255 e. The number of nitrogens with zero attached hydrogens (tertiary/aromatic N) is 3. The van der Waals surface area contributed by atoms with Crippen LogP contribution in [0.15, 0.2) is 77.7 Å². The van der Waals surface area contributed by atoms with Crippen LogP contribution in [0.4, 0.5) is 17.3 Å². The molecular formula is C28H31BrN6O. The first kappa shape index (κ1) is 27.0. The van der Waals surface area contributed by atoms with Gasteiger partial charge < -0.3 is 16.0 Å². The van der Waals surface area contributed by atoms with Crippen LogP contribution in [0.1, 0.15) is 35.3 Å². The predicted octanol–water partition coefficient (Wildman–Crippen LogP) is 6.53. The molecule has 1 amide bonds. The molecule has 0 saturated heterocycles. The van der Waals surface area contributed by atoms with Gasteiger partial charge in [-0.1, -0.05) is 41.9 Å². The fourth-order valence-electron chi connectivity index (χ4n) is 3.24. The first-order valence-electron chi connectivity index (χ1n) is 11.8. The van der Waals surface area contributed by atoms with Crippen molar-refractivity contribution in [1.29, 1.82) is 0 Å². The number of benzene rings is 2. The second-order valence-electron chi connectivity index (χ2n) is 8.04. The molecule has 0 atom stereocenters. The Morgan fingerprint density at radius 3 is 2.39 bits per heavy atom. The van der Waals surface area contributed by atoms with Crippen LogP contribution in [0.2, 0.25) is 0 Å². The van der Waals surface area contributed by atoms with Gasteiger partial charge in [-0.25, -0.2) is 9.97 Å². The van der Waals surface area contributed by atoms with Crippen molar-refractivity contribution < 1.29 is 4.79 Å². The van der Waals surface area contributed by atoms with Crippen molar-refractivity contribution in [2.24, 2.45) is 0 Å². The maximum atomic E-state index is 12.7. The molecule has 0 spiro atoms. The van der Waals surface area contributed by atoms with Crippen LogP contribution in [0.5, 0.6) is 0 Å². The molecule has 4 rings (SSSR count). The van der Waals surface area contributed by atoms with Crippen LogP contribution < -0.4 is 16.0 Å². The highest BCUT2D eigenvalue weighted by Crippen LogP contribution is 2.25. The van der Waals surface area contributed by atoms with Gasteiger partial charge in [0.15, 0.2) is 0 Å². The van der Waals surface area contributed by atoms with Gasteiger partial charge in [0.05, 0.1) is 5.69 Å². The van der Waals surface area contributed by atoms with Gasteiger partial charge >= 0.3 is 0 Å². The number of aromatic nitrogens is 3. The van der Waals surface area contributed by atoms with Crippen LogP contribution in [0.3, 0.4) is 0 Å². The molecule has 7 nitrogen and oxygen atoms in total. The fourth-order valence-corrected chi connectivity index (χ4v) is 3.62. The van der Waals surface area contributed by atoms with Crippen molar-refractivity contribution >= 4 is 39.2 Å². The summed E-state index contributed by atoms with van der Waals surface area (Å²) in [6, 6.07) is 16.9. The summed E-state index contributed by atoms with van der Waals surface area (Å²) in [6.45, 7) is 10.4. The highest BCUT2D eigenvalue weighted by atomic mass is 79.9. The van der Waals surface area contributed by atoms with Gasteiger partial charge in [-0.05, 0) is 80.5 Å². The van der Waals surface area contributed by atoms with E-state index in [4.69, 9.17) is 0 Å². The maximum absolute atomic E-state index is 12.7. The number of rotatable bonds is 7. The molecule has 186 valence electrons. The Hall–Kier alpha value is -3.62. The molecule has 0 unspecified atom stereocenters. The predicted molar refractivity (Wildman–Crippen MR) is 151 cm³/mol. The SMILES string of the molecule is CCNCC.Cc1ccc(C(=O)Nc2ccc(C)c(Nc3nccc(-c4cccnc4)n3)c2)cc1Br. The molecule has 8 heteroatoms. The van der Waals surface area contributed by atoms with Crippen molar-refractivity contribution in [1.82, 2.24) is 20.3 Å². The van der Waals surface area contributed by atoms with E-state index in [1.54, 1.807) is 24.7 Å². The highest BCUT2D eigenvalue weighted by Gasteiger charge is 2.10. The largest absolute Gasteiger partial charge is 0.324 e. The molecule has 0 aliphatic rings. The van der Waals surface area contributed by atoms with Crippen molar-refractivity contribution in [3.8, 4) is 11.3 Å². The van der Waals surface area contributed by atoms with Crippen LogP contribution in [-0.2, 0) is 0 Å². The molecule has 2 heterocycles. The summed E-state index contributed by atoms with van der Waals surface area (Å²) in [5.74, 6) is 0.292. The van der Waals surface area contributed by atoms with Gasteiger partial charge in [-0.15, -0.1) is 0 Å². The third kappa shape index (κ3) is 7.69. The van der Waals surface area contributed by atoms with Gasteiger partial charge in [0.25, 0.3) is 5.91 Å². The zero-order chi connectivity index (χ0) is 25.9. The van der Waals surface area contributed by atoms with Crippen molar-refractivity contribution in [3.63, 3.8) is 0 Å². The number of hydrogen-bond donors (Lipinski definition) is 3. The lowest BCUT2D eigenvalue weighted by Gasteiger charge is -2.12. The molecule has 0 saturated carbocycles. The van der Waals surface area contributed by atoms with Gasteiger partial charge in [0.1, 0.15) is 0 Å². The van der Waals surface area contributed by atoms with E-state index in [2.05, 4.69) is 60.7 Å². The van der Waals surface area contributed by atoms with E-state index >= 15 is 0 Å². The molecule has 2 aromatic carbocycles. The Morgan fingerprint density at radius 1 is 0.944 bits per heavy atom. The fraction of sp³-hybridized carbons (Fsp3) is 0.214. The molecule has 0 fully saturated rings. The second-order valence-corrected chi connectivity index (χ2v) is 8.89. The quantitative estimate of drug-likeness (QED) is 0.244.